The zero-order chi connectivity index (χ0) is 15.6. The molecule has 0 amide bonds. The molecular formula is C17H19ClN2O3. The highest BCUT2D eigenvalue weighted by atomic mass is 35.5. The Morgan fingerprint density at radius 3 is 2.57 bits per heavy atom. The molecule has 2 aliphatic heterocycles. The van der Waals surface area contributed by atoms with Crippen molar-refractivity contribution in [1.29, 1.82) is 0 Å². The summed E-state index contributed by atoms with van der Waals surface area (Å²) in [5.41, 5.74) is 1.10. The molecule has 1 aromatic carbocycles. The van der Waals surface area contributed by atoms with Gasteiger partial charge in [0.1, 0.15) is 0 Å². The summed E-state index contributed by atoms with van der Waals surface area (Å²) in [4.78, 5) is 4.67. The molecular weight excluding hydrogens is 316 g/mol. The number of aromatic nitrogens is 2. The minimum Gasteiger partial charge on any atom is -0.381 e. The average molecular weight is 335 g/mol. The Morgan fingerprint density at radius 1 is 1.00 bits per heavy atom. The fourth-order valence-electron chi connectivity index (χ4n) is 3.34. The van der Waals surface area contributed by atoms with E-state index in [0.717, 1.165) is 48.9 Å². The van der Waals surface area contributed by atoms with E-state index in [0.29, 0.717) is 18.4 Å². The van der Waals surface area contributed by atoms with Gasteiger partial charge in [0.05, 0.1) is 12.0 Å². The van der Waals surface area contributed by atoms with E-state index in [4.69, 9.17) is 25.6 Å². The summed E-state index contributed by atoms with van der Waals surface area (Å²) < 4.78 is 16.9. The Balaban J connectivity index is 1.54. The first-order valence-electron chi connectivity index (χ1n) is 8.09. The maximum absolute atomic E-state index is 5.97. The predicted octanol–water partition coefficient (Wildman–Crippen LogP) is 3.86. The first kappa shape index (κ1) is 15.1. The minimum absolute atomic E-state index is 0.0461. The Morgan fingerprint density at radius 2 is 1.78 bits per heavy atom. The van der Waals surface area contributed by atoms with Crippen LogP contribution in [0.3, 0.4) is 0 Å². The summed E-state index contributed by atoms with van der Waals surface area (Å²) in [5, 5.41) is 4.93. The molecule has 0 aliphatic carbocycles. The molecule has 2 aromatic rings. The molecule has 6 heteroatoms. The van der Waals surface area contributed by atoms with E-state index >= 15 is 0 Å². The summed E-state index contributed by atoms with van der Waals surface area (Å²) in [6, 6.07) is 7.77. The van der Waals surface area contributed by atoms with E-state index in [1.54, 1.807) is 0 Å². The molecule has 0 radical (unpaired) electrons. The largest absolute Gasteiger partial charge is 0.381 e. The van der Waals surface area contributed by atoms with E-state index in [2.05, 4.69) is 10.1 Å². The van der Waals surface area contributed by atoms with Crippen LogP contribution in [0.4, 0.5) is 0 Å². The third kappa shape index (κ3) is 3.13. The molecule has 0 N–H and O–H groups in total. The Labute approximate surface area is 139 Å². The highest BCUT2D eigenvalue weighted by Gasteiger charge is 2.35. The number of rotatable bonds is 3. The van der Waals surface area contributed by atoms with Crippen LogP contribution >= 0.6 is 11.6 Å². The van der Waals surface area contributed by atoms with E-state index in [1.807, 2.05) is 24.3 Å². The molecule has 1 aromatic heterocycles. The van der Waals surface area contributed by atoms with Gasteiger partial charge in [-0.3, -0.25) is 0 Å². The van der Waals surface area contributed by atoms with Crippen molar-refractivity contribution in [2.24, 2.45) is 0 Å². The first-order valence-corrected chi connectivity index (χ1v) is 8.47. The molecule has 5 nitrogen and oxygen atoms in total. The standard InChI is InChI=1S/C17H19ClN2O3/c18-13-3-1-11(2-4-13)15-14(7-10-22-15)17-19-16(20-23-17)12-5-8-21-9-6-12/h1-4,12,14-15H,5-10H2/t14-,15+/m1/s1. The molecule has 122 valence electrons. The lowest BCUT2D eigenvalue weighted by molar-refractivity contribution is 0.0830. The van der Waals surface area contributed by atoms with Crippen LogP contribution in [-0.4, -0.2) is 30.0 Å². The molecule has 0 bridgehead atoms. The van der Waals surface area contributed by atoms with Crippen molar-refractivity contribution in [3.05, 3.63) is 46.6 Å². The summed E-state index contributed by atoms with van der Waals surface area (Å²) in [6.45, 7) is 2.25. The zero-order valence-electron chi connectivity index (χ0n) is 12.8. The zero-order valence-corrected chi connectivity index (χ0v) is 13.5. The molecule has 3 heterocycles. The summed E-state index contributed by atoms with van der Waals surface area (Å²) >= 11 is 5.97. The van der Waals surface area contributed by atoms with Gasteiger partial charge in [-0.25, -0.2) is 0 Å². The van der Waals surface area contributed by atoms with Gasteiger partial charge < -0.3 is 14.0 Å². The number of halogens is 1. The van der Waals surface area contributed by atoms with Crippen LogP contribution in [0, 0.1) is 0 Å². The second kappa shape index (κ2) is 6.59. The number of hydrogen-bond donors (Lipinski definition) is 0. The molecule has 0 spiro atoms. The normalized spacial score (nSPS) is 25.8. The highest BCUT2D eigenvalue weighted by molar-refractivity contribution is 6.30. The lowest BCUT2D eigenvalue weighted by Gasteiger charge is -2.18. The monoisotopic (exact) mass is 334 g/mol. The van der Waals surface area contributed by atoms with Crippen molar-refractivity contribution >= 4 is 11.6 Å². The molecule has 4 rings (SSSR count). The molecule has 0 unspecified atom stereocenters. The summed E-state index contributed by atoms with van der Waals surface area (Å²) in [6.07, 6.45) is 2.76. The van der Waals surface area contributed by atoms with Gasteiger partial charge in [0.25, 0.3) is 0 Å². The highest BCUT2D eigenvalue weighted by Crippen LogP contribution is 2.41. The summed E-state index contributed by atoms with van der Waals surface area (Å²) in [7, 11) is 0. The smallest absolute Gasteiger partial charge is 0.232 e. The van der Waals surface area contributed by atoms with Crippen LogP contribution in [0.5, 0.6) is 0 Å². The number of hydrogen-bond acceptors (Lipinski definition) is 5. The fourth-order valence-corrected chi connectivity index (χ4v) is 3.47. The fraction of sp³-hybridized carbons (Fsp3) is 0.529. The maximum atomic E-state index is 5.97. The Kier molecular flexibility index (Phi) is 4.33. The van der Waals surface area contributed by atoms with E-state index in [1.165, 1.54) is 0 Å². The van der Waals surface area contributed by atoms with Crippen molar-refractivity contribution in [1.82, 2.24) is 10.1 Å². The topological polar surface area (TPSA) is 57.4 Å². The van der Waals surface area contributed by atoms with Crippen LogP contribution < -0.4 is 0 Å². The van der Waals surface area contributed by atoms with Gasteiger partial charge in [-0.15, -0.1) is 0 Å². The van der Waals surface area contributed by atoms with Crippen molar-refractivity contribution in [3.63, 3.8) is 0 Å². The SMILES string of the molecule is Clc1ccc([C@@H]2OCC[C@H]2c2nc(C3CCOCC3)no2)cc1. The van der Waals surface area contributed by atoms with Gasteiger partial charge in [0.2, 0.25) is 5.89 Å². The lowest BCUT2D eigenvalue weighted by atomic mass is 9.95. The average Bonchev–Trinajstić information content (AvgIpc) is 3.25. The van der Waals surface area contributed by atoms with Gasteiger partial charge in [-0.2, -0.15) is 4.98 Å². The quantitative estimate of drug-likeness (QED) is 0.853. The molecule has 0 saturated carbocycles. The van der Waals surface area contributed by atoms with E-state index in [-0.39, 0.29) is 12.0 Å². The first-order chi connectivity index (χ1) is 11.3. The Bertz CT molecular complexity index is 652. The number of benzene rings is 1. The van der Waals surface area contributed by atoms with Crippen LogP contribution in [0.25, 0.3) is 0 Å². The number of ether oxygens (including phenoxy) is 2. The predicted molar refractivity (Wildman–Crippen MR) is 84.6 cm³/mol. The number of nitrogens with zero attached hydrogens (tertiary/aromatic N) is 2. The van der Waals surface area contributed by atoms with Crippen molar-refractivity contribution in [3.8, 4) is 0 Å². The Hall–Kier alpha value is -1.43. The minimum atomic E-state index is -0.0461. The summed E-state index contributed by atoms with van der Waals surface area (Å²) in [5.74, 6) is 1.95. The van der Waals surface area contributed by atoms with E-state index < -0.39 is 0 Å². The second-order valence-corrected chi connectivity index (χ2v) is 6.55. The van der Waals surface area contributed by atoms with Crippen LogP contribution in [-0.2, 0) is 9.47 Å². The third-order valence-corrected chi connectivity index (χ3v) is 4.90. The third-order valence-electron chi connectivity index (χ3n) is 4.65. The molecule has 2 fully saturated rings. The van der Waals surface area contributed by atoms with Gasteiger partial charge in [0, 0.05) is 30.8 Å². The van der Waals surface area contributed by atoms with Crippen molar-refractivity contribution in [2.75, 3.05) is 19.8 Å². The van der Waals surface area contributed by atoms with Crippen molar-refractivity contribution in [2.45, 2.75) is 37.2 Å². The molecule has 2 aliphatic rings. The van der Waals surface area contributed by atoms with Gasteiger partial charge in [0.15, 0.2) is 5.82 Å². The molecule has 2 atom stereocenters. The molecule has 23 heavy (non-hydrogen) atoms. The maximum Gasteiger partial charge on any atom is 0.232 e. The van der Waals surface area contributed by atoms with Gasteiger partial charge >= 0.3 is 0 Å². The van der Waals surface area contributed by atoms with Crippen LogP contribution in [0.1, 0.15) is 54.5 Å². The van der Waals surface area contributed by atoms with Crippen LogP contribution in [0.2, 0.25) is 5.02 Å². The second-order valence-electron chi connectivity index (χ2n) is 6.12. The lowest BCUT2D eigenvalue weighted by Crippen LogP contribution is -2.15. The van der Waals surface area contributed by atoms with Gasteiger partial charge in [-0.1, -0.05) is 28.9 Å². The molecule has 2 saturated heterocycles. The van der Waals surface area contributed by atoms with E-state index in [9.17, 15) is 0 Å². The van der Waals surface area contributed by atoms with Crippen molar-refractivity contribution < 1.29 is 14.0 Å². The van der Waals surface area contributed by atoms with Crippen LogP contribution in [0.15, 0.2) is 28.8 Å². The van der Waals surface area contributed by atoms with Gasteiger partial charge in [-0.05, 0) is 37.0 Å².